The van der Waals surface area contributed by atoms with Crippen LogP contribution in [-0.4, -0.2) is 55.6 Å². The van der Waals surface area contributed by atoms with E-state index in [9.17, 15) is 18.0 Å². The highest BCUT2D eigenvalue weighted by atomic mass is 35.5. The van der Waals surface area contributed by atoms with E-state index in [1.165, 1.54) is 4.90 Å². The molecule has 2 heterocycles. The van der Waals surface area contributed by atoms with Crippen molar-refractivity contribution < 1.29 is 18.0 Å². The largest absolute Gasteiger partial charge is 0.331 e. The average molecular weight is 464 g/mol. The van der Waals surface area contributed by atoms with E-state index in [0.717, 1.165) is 25.7 Å². The maximum atomic E-state index is 13.0. The molecule has 2 amide bonds. The van der Waals surface area contributed by atoms with Crippen LogP contribution in [0.4, 0.5) is 5.69 Å². The molecule has 1 N–H and O–H groups in total. The number of benzene rings is 2. The first kappa shape index (κ1) is 20.8. The smallest absolute Gasteiger partial charge is 0.253 e. The molecular weight excluding hydrogens is 446 g/mol. The van der Waals surface area contributed by atoms with E-state index in [1.807, 2.05) is 6.07 Å². The molecule has 1 aliphatic rings. The number of anilines is 1. The molecule has 1 fully saturated rings. The van der Waals surface area contributed by atoms with Gasteiger partial charge in [0.15, 0.2) is 0 Å². The van der Waals surface area contributed by atoms with E-state index in [2.05, 4.69) is 5.32 Å². The van der Waals surface area contributed by atoms with Gasteiger partial charge < -0.3 is 10.2 Å². The summed E-state index contributed by atoms with van der Waals surface area (Å²) in [6.07, 6.45) is 0. The second kappa shape index (κ2) is 8.35. The third kappa shape index (κ3) is 4.34. The predicted molar refractivity (Wildman–Crippen MR) is 117 cm³/mol. The van der Waals surface area contributed by atoms with Crippen LogP contribution >= 0.6 is 22.9 Å². The summed E-state index contributed by atoms with van der Waals surface area (Å²) in [4.78, 5) is 26.1. The number of fused-ring (bicyclic) bond motifs is 1. The molecule has 2 aromatic carbocycles. The van der Waals surface area contributed by atoms with Gasteiger partial charge in [0.25, 0.3) is 10.0 Å². The SMILES string of the molecule is O=C(CN1CCN(S(=O)(=O)c2cc3ccc(Cl)cc3s2)CC1=O)Nc1ccccc1. The average Bonchev–Trinajstić information content (AvgIpc) is 3.14. The minimum absolute atomic E-state index is 0.122. The minimum atomic E-state index is -3.81. The first-order valence-corrected chi connectivity index (χ1v) is 11.8. The fourth-order valence-corrected chi connectivity index (χ4v) is 6.40. The first-order valence-electron chi connectivity index (χ1n) is 9.15. The molecular formula is C20H18ClN3O4S2. The number of sulfonamides is 1. The number of para-hydroxylation sites is 1. The van der Waals surface area contributed by atoms with E-state index in [1.54, 1.807) is 48.5 Å². The van der Waals surface area contributed by atoms with Gasteiger partial charge in [-0.05, 0) is 35.7 Å². The number of carbonyl (C=O) groups excluding carboxylic acids is 2. The zero-order chi connectivity index (χ0) is 21.3. The van der Waals surface area contributed by atoms with E-state index in [-0.39, 0.29) is 36.3 Å². The van der Waals surface area contributed by atoms with Gasteiger partial charge in [-0.25, -0.2) is 8.42 Å². The van der Waals surface area contributed by atoms with Crippen molar-refractivity contribution >= 4 is 60.5 Å². The lowest BCUT2D eigenvalue weighted by Gasteiger charge is -2.32. The summed E-state index contributed by atoms with van der Waals surface area (Å²) in [5, 5.41) is 4.04. The Balaban J connectivity index is 1.42. The van der Waals surface area contributed by atoms with Crippen molar-refractivity contribution in [3.8, 4) is 0 Å². The van der Waals surface area contributed by atoms with Crippen molar-refractivity contribution in [2.24, 2.45) is 0 Å². The topological polar surface area (TPSA) is 86.8 Å². The van der Waals surface area contributed by atoms with Crippen LogP contribution in [0.3, 0.4) is 0 Å². The summed E-state index contributed by atoms with van der Waals surface area (Å²) in [5.74, 6) is -0.732. The number of rotatable bonds is 5. The summed E-state index contributed by atoms with van der Waals surface area (Å²) in [6.45, 7) is -0.141. The van der Waals surface area contributed by atoms with Crippen molar-refractivity contribution in [3.05, 3.63) is 59.6 Å². The van der Waals surface area contributed by atoms with Gasteiger partial charge >= 0.3 is 0 Å². The van der Waals surface area contributed by atoms with Crippen LogP contribution < -0.4 is 5.32 Å². The Morgan fingerprint density at radius 3 is 2.60 bits per heavy atom. The summed E-state index contributed by atoms with van der Waals surface area (Å²) >= 11 is 7.11. The number of piperazine rings is 1. The van der Waals surface area contributed by atoms with Gasteiger partial charge in [0.1, 0.15) is 4.21 Å². The van der Waals surface area contributed by atoms with Crippen LogP contribution in [-0.2, 0) is 19.6 Å². The fourth-order valence-electron chi connectivity index (χ4n) is 3.19. The van der Waals surface area contributed by atoms with Crippen molar-refractivity contribution in [2.75, 3.05) is 31.5 Å². The number of amides is 2. The van der Waals surface area contributed by atoms with E-state index in [0.29, 0.717) is 10.7 Å². The molecule has 0 bridgehead atoms. The normalized spacial score (nSPS) is 15.5. The monoisotopic (exact) mass is 463 g/mol. The number of hydrogen-bond acceptors (Lipinski definition) is 5. The Morgan fingerprint density at radius 2 is 1.87 bits per heavy atom. The van der Waals surface area contributed by atoms with Crippen LogP contribution in [0, 0.1) is 0 Å². The lowest BCUT2D eigenvalue weighted by Crippen LogP contribution is -2.53. The summed E-state index contributed by atoms with van der Waals surface area (Å²) in [5.41, 5.74) is 0.640. The summed E-state index contributed by atoms with van der Waals surface area (Å²) in [6, 6.07) is 15.7. The molecule has 3 aromatic rings. The number of thiophene rings is 1. The second-order valence-corrected chi connectivity index (χ2v) is 10.5. The van der Waals surface area contributed by atoms with Gasteiger partial charge in [-0.3, -0.25) is 9.59 Å². The lowest BCUT2D eigenvalue weighted by molar-refractivity contribution is -0.137. The maximum absolute atomic E-state index is 13.0. The Morgan fingerprint density at radius 1 is 1.10 bits per heavy atom. The van der Waals surface area contributed by atoms with Crippen molar-refractivity contribution in [1.82, 2.24) is 9.21 Å². The third-order valence-corrected chi connectivity index (χ3v) is 8.36. The van der Waals surface area contributed by atoms with Crippen molar-refractivity contribution in [3.63, 3.8) is 0 Å². The maximum Gasteiger partial charge on any atom is 0.253 e. The third-order valence-electron chi connectivity index (χ3n) is 4.73. The van der Waals surface area contributed by atoms with E-state index < -0.39 is 15.9 Å². The number of nitrogens with zero attached hydrogens (tertiary/aromatic N) is 2. The Bertz CT molecular complexity index is 1210. The van der Waals surface area contributed by atoms with Gasteiger partial charge in [0.2, 0.25) is 11.8 Å². The summed E-state index contributed by atoms with van der Waals surface area (Å²) in [7, 11) is -3.81. The quantitative estimate of drug-likeness (QED) is 0.630. The summed E-state index contributed by atoms with van der Waals surface area (Å²) < 4.78 is 28.1. The van der Waals surface area contributed by atoms with Gasteiger partial charge in [-0.2, -0.15) is 4.31 Å². The molecule has 0 spiro atoms. The van der Waals surface area contributed by atoms with Gasteiger partial charge in [0.05, 0.1) is 13.1 Å². The van der Waals surface area contributed by atoms with Crippen LogP contribution in [0.15, 0.2) is 58.8 Å². The van der Waals surface area contributed by atoms with Gasteiger partial charge in [-0.1, -0.05) is 35.9 Å². The lowest BCUT2D eigenvalue weighted by atomic mass is 10.3. The molecule has 7 nitrogen and oxygen atoms in total. The zero-order valence-corrected chi connectivity index (χ0v) is 18.1. The fraction of sp³-hybridized carbons (Fsp3) is 0.200. The Hall–Kier alpha value is -2.46. The first-order chi connectivity index (χ1) is 14.3. The highest BCUT2D eigenvalue weighted by molar-refractivity contribution is 7.91. The van der Waals surface area contributed by atoms with Crippen LogP contribution in [0.25, 0.3) is 10.1 Å². The molecule has 0 saturated carbocycles. The molecule has 30 heavy (non-hydrogen) atoms. The number of carbonyl (C=O) groups is 2. The van der Waals surface area contributed by atoms with Crippen molar-refractivity contribution in [1.29, 1.82) is 0 Å². The Labute approximate surface area is 182 Å². The molecule has 1 aliphatic heterocycles. The number of hydrogen-bond donors (Lipinski definition) is 1. The Kier molecular flexibility index (Phi) is 5.79. The highest BCUT2D eigenvalue weighted by Gasteiger charge is 2.34. The molecule has 4 rings (SSSR count). The van der Waals surface area contributed by atoms with Gasteiger partial charge in [0, 0.05) is 28.5 Å². The zero-order valence-electron chi connectivity index (χ0n) is 15.7. The highest BCUT2D eigenvalue weighted by Crippen LogP contribution is 2.33. The molecule has 0 radical (unpaired) electrons. The molecule has 1 saturated heterocycles. The molecule has 0 aliphatic carbocycles. The molecule has 0 unspecified atom stereocenters. The number of nitrogens with one attached hydrogen (secondary N) is 1. The second-order valence-electron chi connectivity index (χ2n) is 6.82. The van der Waals surface area contributed by atoms with Crippen LogP contribution in [0.1, 0.15) is 0 Å². The molecule has 156 valence electrons. The van der Waals surface area contributed by atoms with Crippen molar-refractivity contribution in [2.45, 2.75) is 4.21 Å². The van der Waals surface area contributed by atoms with E-state index in [4.69, 9.17) is 11.6 Å². The molecule has 10 heteroatoms. The van der Waals surface area contributed by atoms with Crippen LogP contribution in [0.5, 0.6) is 0 Å². The molecule has 1 aromatic heterocycles. The molecule has 0 atom stereocenters. The number of halogens is 1. The standard InChI is InChI=1S/C20H18ClN3O4S2/c21-15-7-6-14-10-20(29-17(14)11-15)30(27,28)24-9-8-23(19(26)13-24)12-18(25)22-16-4-2-1-3-5-16/h1-7,10-11H,8-9,12-13H2,(H,22,25). The van der Waals surface area contributed by atoms with Gasteiger partial charge in [-0.15, -0.1) is 11.3 Å². The minimum Gasteiger partial charge on any atom is -0.331 e. The predicted octanol–water partition coefficient (Wildman–Crippen LogP) is 3.03. The van der Waals surface area contributed by atoms with Crippen LogP contribution in [0.2, 0.25) is 5.02 Å². The van der Waals surface area contributed by atoms with E-state index >= 15 is 0 Å².